The highest BCUT2D eigenvalue weighted by molar-refractivity contribution is 5.45. The molecule has 2 aromatic heterocycles. The molecule has 3 rings (SSSR count). The van der Waals surface area contributed by atoms with Crippen LogP contribution in [0.1, 0.15) is 5.89 Å². The van der Waals surface area contributed by atoms with E-state index >= 15 is 0 Å². The molecule has 0 spiro atoms. The average Bonchev–Trinajstić information content (AvgIpc) is 2.95. The van der Waals surface area contributed by atoms with Gasteiger partial charge in [0.25, 0.3) is 5.89 Å². The third-order valence-electron chi connectivity index (χ3n) is 2.48. The average molecular weight is 269 g/mol. The van der Waals surface area contributed by atoms with Gasteiger partial charge in [-0.1, -0.05) is 11.2 Å². The number of nitrogen functional groups attached to an aromatic ring is 1. The number of anilines is 1. The lowest BCUT2D eigenvalue weighted by molar-refractivity contribution is 0.243. The van der Waals surface area contributed by atoms with Gasteiger partial charge < -0.3 is 15.0 Å². The van der Waals surface area contributed by atoms with Crippen LogP contribution in [0.5, 0.6) is 5.75 Å². The van der Waals surface area contributed by atoms with Gasteiger partial charge in [-0.3, -0.25) is 4.98 Å². The van der Waals surface area contributed by atoms with Crippen LogP contribution in [0.4, 0.5) is 5.69 Å². The molecule has 0 atom stereocenters. The molecule has 0 bridgehead atoms. The van der Waals surface area contributed by atoms with Crippen LogP contribution in [0.25, 0.3) is 11.5 Å². The maximum atomic E-state index is 5.66. The molecule has 7 heteroatoms. The quantitative estimate of drug-likeness (QED) is 0.719. The van der Waals surface area contributed by atoms with Crippen molar-refractivity contribution in [2.75, 3.05) is 5.73 Å². The van der Waals surface area contributed by atoms with Crippen LogP contribution in [-0.2, 0) is 6.61 Å². The van der Waals surface area contributed by atoms with Crippen molar-refractivity contribution in [2.45, 2.75) is 6.61 Å². The zero-order chi connectivity index (χ0) is 13.8. The van der Waals surface area contributed by atoms with E-state index < -0.39 is 0 Å². The lowest BCUT2D eigenvalue weighted by Crippen LogP contribution is -1.96. The molecule has 0 fully saturated rings. The summed E-state index contributed by atoms with van der Waals surface area (Å²) in [5, 5.41) is 3.82. The van der Waals surface area contributed by atoms with E-state index in [0.29, 0.717) is 28.8 Å². The summed E-state index contributed by atoms with van der Waals surface area (Å²) in [6.45, 7) is 0.163. The van der Waals surface area contributed by atoms with E-state index in [0.717, 1.165) is 0 Å². The Hall–Kier alpha value is -2.96. The van der Waals surface area contributed by atoms with E-state index in [1.165, 1.54) is 0 Å². The van der Waals surface area contributed by atoms with Gasteiger partial charge in [0, 0.05) is 24.1 Å². The molecule has 0 aliphatic rings. The molecule has 0 radical (unpaired) electrons. The fourth-order valence-electron chi connectivity index (χ4n) is 1.58. The van der Waals surface area contributed by atoms with Crippen molar-refractivity contribution in [3.63, 3.8) is 0 Å². The summed E-state index contributed by atoms with van der Waals surface area (Å²) in [5.74, 6) is 1.38. The highest BCUT2D eigenvalue weighted by Crippen LogP contribution is 2.17. The number of ether oxygens (including phenoxy) is 1. The number of hydrogen-bond acceptors (Lipinski definition) is 7. The van der Waals surface area contributed by atoms with Gasteiger partial charge in [0.05, 0.1) is 6.20 Å². The largest absolute Gasteiger partial charge is 0.484 e. The molecule has 3 aromatic rings. The molecule has 0 saturated carbocycles. The molecular formula is C13H11N5O2. The van der Waals surface area contributed by atoms with Crippen LogP contribution in [-0.4, -0.2) is 20.1 Å². The van der Waals surface area contributed by atoms with E-state index in [9.17, 15) is 0 Å². The number of hydrogen-bond donors (Lipinski definition) is 1. The second-order valence-corrected chi connectivity index (χ2v) is 3.96. The topological polar surface area (TPSA) is 100.0 Å². The number of aromatic nitrogens is 4. The minimum Gasteiger partial charge on any atom is -0.484 e. The Labute approximate surface area is 114 Å². The molecule has 0 amide bonds. The third-order valence-corrected chi connectivity index (χ3v) is 2.48. The van der Waals surface area contributed by atoms with Crippen LogP contribution >= 0.6 is 0 Å². The number of nitrogens with two attached hydrogens (primary N) is 1. The molecule has 0 aliphatic carbocycles. The van der Waals surface area contributed by atoms with Crippen molar-refractivity contribution in [1.29, 1.82) is 0 Å². The van der Waals surface area contributed by atoms with E-state index in [1.807, 2.05) is 6.07 Å². The van der Waals surface area contributed by atoms with Crippen LogP contribution in [0.2, 0.25) is 0 Å². The minimum atomic E-state index is 0.163. The summed E-state index contributed by atoms with van der Waals surface area (Å²) < 4.78 is 10.6. The predicted molar refractivity (Wildman–Crippen MR) is 70.5 cm³/mol. The SMILES string of the molecule is Nc1cccc(OCc2nc(-c3cnccn3)no2)c1. The van der Waals surface area contributed by atoms with Gasteiger partial charge in [0.15, 0.2) is 6.61 Å². The first kappa shape index (κ1) is 12.1. The van der Waals surface area contributed by atoms with Crippen molar-refractivity contribution >= 4 is 5.69 Å². The monoisotopic (exact) mass is 269 g/mol. The molecule has 0 unspecified atom stereocenters. The summed E-state index contributed by atoms with van der Waals surface area (Å²) in [6, 6.07) is 7.12. The van der Waals surface area contributed by atoms with Gasteiger partial charge in [-0.05, 0) is 12.1 Å². The minimum absolute atomic E-state index is 0.163. The molecular weight excluding hydrogens is 258 g/mol. The van der Waals surface area contributed by atoms with Gasteiger partial charge >= 0.3 is 0 Å². The smallest absolute Gasteiger partial charge is 0.264 e. The van der Waals surface area contributed by atoms with Crippen molar-refractivity contribution in [2.24, 2.45) is 0 Å². The van der Waals surface area contributed by atoms with Crippen LogP contribution in [0.3, 0.4) is 0 Å². The van der Waals surface area contributed by atoms with E-state index in [1.54, 1.807) is 36.8 Å². The Morgan fingerprint density at radius 1 is 1.25 bits per heavy atom. The first-order chi connectivity index (χ1) is 9.81. The van der Waals surface area contributed by atoms with E-state index in [-0.39, 0.29) is 6.61 Å². The van der Waals surface area contributed by atoms with Crippen molar-refractivity contribution in [3.8, 4) is 17.3 Å². The summed E-state index contributed by atoms with van der Waals surface area (Å²) >= 11 is 0. The van der Waals surface area contributed by atoms with E-state index in [4.69, 9.17) is 15.0 Å². The molecule has 20 heavy (non-hydrogen) atoms. The van der Waals surface area contributed by atoms with Gasteiger partial charge in [0.1, 0.15) is 11.4 Å². The molecule has 100 valence electrons. The fourth-order valence-corrected chi connectivity index (χ4v) is 1.58. The maximum absolute atomic E-state index is 5.66. The standard InChI is InChI=1S/C13H11N5O2/c14-9-2-1-3-10(6-9)19-8-12-17-13(18-20-12)11-7-15-4-5-16-11/h1-7H,8,14H2. The third kappa shape index (κ3) is 2.72. The Kier molecular flexibility index (Phi) is 3.24. The van der Waals surface area contributed by atoms with Gasteiger partial charge in [-0.15, -0.1) is 0 Å². The fraction of sp³-hybridized carbons (Fsp3) is 0.0769. The molecule has 2 N–H and O–H groups in total. The number of nitrogens with zero attached hydrogens (tertiary/aromatic N) is 4. The molecule has 0 saturated heterocycles. The second kappa shape index (κ2) is 5.35. The summed E-state index contributed by atoms with van der Waals surface area (Å²) in [7, 11) is 0. The van der Waals surface area contributed by atoms with Crippen LogP contribution in [0, 0.1) is 0 Å². The van der Waals surface area contributed by atoms with Gasteiger partial charge in [0.2, 0.25) is 5.82 Å². The zero-order valence-corrected chi connectivity index (χ0v) is 10.4. The summed E-state index contributed by atoms with van der Waals surface area (Å²) in [5.41, 5.74) is 6.84. The van der Waals surface area contributed by atoms with Crippen molar-refractivity contribution in [1.82, 2.24) is 20.1 Å². The lowest BCUT2D eigenvalue weighted by atomic mass is 10.3. The predicted octanol–water partition coefficient (Wildman–Crippen LogP) is 1.69. The Bertz CT molecular complexity index is 699. The molecule has 0 aliphatic heterocycles. The highest BCUT2D eigenvalue weighted by Gasteiger charge is 2.10. The zero-order valence-electron chi connectivity index (χ0n) is 10.4. The van der Waals surface area contributed by atoms with Crippen LogP contribution in [0.15, 0.2) is 47.4 Å². The van der Waals surface area contributed by atoms with Gasteiger partial charge in [-0.25, -0.2) is 4.98 Å². The van der Waals surface area contributed by atoms with Gasteiger partial charge in [-0.2, -0.15) is 4.98 Å². The van der Waals surface area contributed by atoms with Crippen molar-refractivity contribution in [3.05, 3.63) is 48.7 Å². The normalized spacial score (nSPS) is 10.4. The summed E-state index contributed by atoms with van der Waals surface area (Å²) in [4.78, 5) is 12.2. The molecule has 7 nitrogen and oxygen atoms in total. The molecule has 1 aromatic carbocycles. The lowest BCUT2D eigenvalue weighted by Gasteiger charge is -2.02. The number of benzene rings is 1. The van der Waals surface area contributed by atoms with E-state index in [2.05, 4.69) is 20.1 Å². The summed E-state index contributed by atoms with van der Waals surface area (Å²) in [6.07, 6.45) is 4.70. The molecule has 2 heterocycles. The first-order valence-electron chi connectivity index (χ1n) is 5.88. The highest BCUT2D eigenvalue weighted by atomic mass is 16.5. The maximum Gasteiger partial charge on any atom is 0.264 e. The Morgan fingerprint density at radius 3 is 3.00 bits per heavy atom. The Morgan fingerprint density at radius 2 is 2.20 bits per heavy atom. The van der Waals surface area contributed by atoms with Crippen LogP contribution < -0.4 is 10.5 Å². The van der Waals surface area contributed by atoms with Crippen molar-refractivity contribution < 1.29 is 9.26 Å². The number of rotatable bonds is 4. The first-order valence-corrected chi connectivity index (χ1v) is 5.88. The second-order valence-electron chi connectivity index (χ2n) is 3.96. The Balaban J connectivity index is 1.69.